The van der Waals surface area contributed by atoms with Crippen molar-refractivity contribution in [2.45, 2.75) is 19.8 Å². The molecule has 0 aliphatic rings. The van der Waals surface area contributed by atoms with E-state index in [2.05, 4.69) is 24.0 Å². The quantitative estimate of drug-likeness (QED) is 0.645. The van der Waals surface area contributed by atoms with Crippen molar-refractivity contribution in [1.82, 2.24) is 0 Å². The highest BCUT2D eigenvalue weighted by Crippen LogP contribution is 2.30. The lowest BCUT2D eigenvalue weighted by atomic mass is 9.89. The van der Waals surface area contributed by atoms with Crippen molar-refractivity contribution in [3.05, 3.63) is 101 Å². The molecule has 3 aromatic rings. The molecule has 1 heteroatoms. The van der Waals surface area contributed by atoms with Gasteiger partial charge in [0.15, 0.2) is 0 Å². The van der Waals surface area contributed by atoms with Gasteiger partial charge < -0.3 is 5.11 Å². The highest BCUT2D eigenvalue weighted by atomic mass is 16.3. The van der Waals surface area contributed by atoms with Crippen LogP contribution in [0.5, 0.6) is 5.75 Å². The third-order valence-electron chi connectivity index (χ3n) is 4.11. The van der Waals surface area contributed by atoms with E-state index >= 15 is 0 Å². The van der Waals surface area contributed by atoms with Crippen LogP contribution in [0.4, 0.5) is 0 Å². The van der Waals surface area contributed by atoms with E-state index in [9.17, 15) is 5.11 Å². The maximum atomic E-state index is 10.1. The van der Waals surface area contributed by atoms with Crippen molar-refractivity contribution < 1.29 is 5.11 Å². The standard InChI is InChI=1S/C23H20O/c1-17-15-21(16-18(2)23(17)24)22(20-11-7-4-8-12-20)14-13-19-9-5-3-6-10-19/h3-12,15-16,22,24H,1-2H3. The van der Waals surface area contributed by atoms with Crippen LogP contribution >= 0.6 is 0 Å². The fourth-order valence-corrected chi connectivity index (χ4v) is 2.84. The van der Waals surface area contributed by atoms with Crippen molar-refractivity contribution in [2.24, 2.45) is 0 Å². The summed E-state index contributed by atoms with van der Waals surface area (Å²) in [5.41, 5.74) is 5.04. The Morgan fingerprint density at radius 1 is 0.750 bits per heavy atom. The van der Waals surface area contributed by atoms with Crippen LogP contribution in [-0.2, 0) is 0 Å². The van der Waals surface area contributed by atoms with E-state index in [1.807, 2.05) is 74.5 Å². The molecular weight excluding hydrogens is 292 g/mol. The summed E-state index contributed by atoms with van der Waals surface area (Å²) in [4.78, 5) is 0. The number of aromatic hydroxyl groups is 1. The molecule has 1 N–H and O–H groups in total. The molecule has 0 amide bonds. The Bertz CT molecular complexity index is 861. The zero-order chi connectivity index (χ0) is 16.9. The Morgan fingerprint density at radius 2 is 1.29 bits per heavy atom. The van der Waals surface area contributed by atoms with Crippen LogP contribution in [0.25, 0.3) is 0 Å². The molecule has 3 aromatic carbocycles. The number of hydrogen-bond donors (Lipinski definition) is 1. The SMILES string of the molecule is Cc1cc(C(C#Cc2ccccc2)c2ccccc2)cc(C)c1O. The highest BCUT2D eigenvalue weighted by Gasteiger charge is 2.14. The van der Waals surface area contributed by atoms with E-state index in [0.717, 1.165) is 27.8 Å². The van der Waals surface area contributed by atoms with Crippen molar-refractivity contribution in [3.8, 4) is 17.6 Å². The Balaban J connectivity index is 2.09. The molecule has 0 heterocycles. The summed E-state index contributed by atoms with van der Waals surface area (Å²) in [6, 6.07) is 24.4. The number of benzene rings is 3. The first kappa shape index (κ1) is 15.9. The number of hydrogen-bond acceptors (Lipinski definition) is 1. The summed E-state index contributed by atoms with van der Waals surface area (Å²) in [6.45, 7) is 3.86. The highest BCUT2D eigenvalue weighted by molar-refractivity contribution is 5.50. The molecule has 0 radical (unpaired) electrons. The molecule has 0 saturated heterocycles. The Labute approximate surface area is 143 Å². The van der Waals surface area contributed by atoms with Crippen LogP contribution in [0.15, 0.2) is 72.8 Å². The second-order valence-electron chi connectivity index (χ2n) is 5.98. The monoisotopic (exact) mass is 312 g/mol. The van der Waals surface area contributed by atoms with Gasteiger partial charge in [-0.15, -0.1) is 0 Å². The van der Waals surface area contributed by atoms with Crippen molar-refractivity contribution in [3.63, 3.8) is 0 Å². The van der Waals surface area contributed by atoms with Gasteiger partial charge in [0, 0.05) is 5.56 Å². The van der Waals surface area contributed by atoms with Crippen LogP contribution in [0.3, 0.4) is 0 Å². The van der Waals surface area contributed by atoms with Gasteiger partial charge in [-0.3, -0.25) is 0 Å². The molecule has 0 spiro atoms. The van der Waals surface area contributed by atoms with Crippen molar-refractivity contribution in [2.75, 3.05) is 0 Å². The first-order chi connectivity index (χ1) is 11.6. The molecule has 0 bridgehead atoms. The molecular formula is C23H20O. The maximum absolute atomic E-state index is 10.1. The predicted octanol–water partition coefficient (Wildman–Crippen LogP) is 5.19. The lowest BCUT2D eigenvalue weighted by Crippen LogP contribution is -2.00. The molecule has 0 aliphatic heterocycles. The normalized spacial score (nSPS) is 11.4. The molecule has 3 rings (SSSR count). The minimum Gasteiger partial charge on any atom is -0.507 e. The summed E-state index contributed by atoms with van der Waals surface area (Å²) in [5, 5.41) is 10.1. The van der Waals surface area contributed by atoms with Crippen molar-refractivity contribution in [1.29, 1.82) is 0 Å². The second kappa shape index (κ2) is 7.06. The van der Waals surface area contributed by atoms with Crippen LogP contribution in [-0.4, -0.2) is 5.11 Å². The fraction of sp³-hybridized carbons (Fsp3) is 0.130. The number of aryl methyl sites for hydroxylation is 2. The molecule has 118 valence electrons. The summed E-state index contributed by atoms with van der Waals surface area (Å²) < 4.78 is 0. The van der Waals surface area contributed by atoms with Gasteiger partial charge in [-0.05, 0) is 48.2 Å². The number of phenolic OH excluding ortho intramolecular Hbond substituents is 1. The molecule has 0 aromatic heterocycles. The summed E-state index contributed by atoms with van der Waals surface area (Å²) in [5.74, 6) is 7.03. The van der Waals surface area contributed by atoms with E-state index in [-0.39, 0.29) is 5.92 Å². The van der Waals surface area contributed by atoms with E-state index in [1.165, 1.54) is 0 Å². The molecule has 0 saturated carbocycles. The van der Waals surface area contributed by atoms with Crippen LogP contribution in [0, 0.1) is 25.7 Å². The van der Waals surface area contributed by atoms with E-state index in [0.29, 0.717) is 5.75 Å². The smallest absolute Gasteiger partial charge is 0.121 e. The minimum absolute atomic E-state index is 0.0237. The largest absolute Gasteiger partial charge is 0.507 e. The van der Waals surface area contributed by atoms with Gasteiger partial charge in [0.1, 0.15) is 5.75 Å². The van der Waals surface area contributed by atoms with Gasteiger partial charge in [0.05, 0.1) is 5.92 Å². The summed E-state index contributed by atoms with van der Waals surface area (Å²) in [7, 11) is 0. The van der Waals surface area contributed by atoms with Gasteiger partial charge in [-0.1, -0.05) is 72.5 Å². The zero-order valence-electron chi connectivity index (χ0n) is 14.0. The summed E-state index contributed by atoms with van der Waals surface area (Å²) >= 11 is 0. The second-order valence-corrected chi connectivity index (χ2v) is 5.98. The first-order valence-corrected chi connectivity index (χ1v) is 8.07. The Morgan fingerprint density at radius 3 is 1.88 bits per heavy atom. The lowest BCUT2D eigenvalue weighted by Gasteiger charge is -2.15. The topological polar surface area (TPSA) is 20.2 Å². The van der Waals surface area contributed by atoms with Crippen LogP contribution in [0.2, 0.25) is 0 Å². The fourth-order valence-electron chi connectivity index (χ4n) is 2.84. The first-order valence-electron chi connectivity index (χ1n) is 8.07. The van der Waals surface area contributed by atoms with E-state index in [4.69, 9.17) is 0 Å². The van der Waals surface area contributed by atoms with Crippen LogP contribution < -0.4 is 0 Å². The maximum Gasteiger partial charge on any atom is 0.121 e. The van der Waals surface area contributed by atoms with Gasteiger partial charge >= 0.3 is 0 Å². The van der Waals surface area contributed by atoms with E-state index in [1.54, 1.807) is 0 Å². The Hall–Kier alpha value is -2.98. The van der Waals surface area contributed by atoms with Crippen LogP contribution in [0.1, 0.15) is 33.7 Å². The lowest BCUT2D eigenvalue weighted by molar-refractivity contribution is 0.466. The molecule has 1 unspecified atom stereocenters. The third kappa shape index (κ3) is 3.50. The predicted molar refractivity (Wildman–Crippen MR) is 99.2 cm³/mol. The molecule has 24 heavy (non-hydrogen) atoms. The van der Waals surface area contributed by atoms with Crippen molar-refractivity contribution >= 4 is 0 Å². The van der Waals surface area contributed by atoms with E-state index < -0.39 is 0 Å². The minimum atomic E-state index is -0.0237. The molecule has 0 aliphatic carbocycles. The van der Waals surface area contributed by atoms with Gasteiger partial charge in [-0.25, -0.2) is 0 Å². The number of rotatable bonds is 2. The molecule has 1 nitrogen and oxygen atoms in total. The number of phenols is 1. The average molecular weight is 312 g/mol. The third-order valence-corrected chi connectivity index (χ3v) is 4.11. The zero-order valence-corrected chi connectivity index (χ0v) is 14.0. The molecule has 0 fully saturated rings. The van der Waals surface area contributed by atoms with Gasteiger partial charge in [0.2, 0.25) is 0 Å². The van der Waals surface area contributed by atoms with Gasteiger partial charge in [-0.2, -0.15) is 0 Å². The Kier molecular flexibility index (Phi) is 4.68. The molecule has 1 atom stereocenters. The van der Waals surface area contributed by atoms with Gasteiger partial charge in [0.25, 0.3) is 0 Å². The average Bonchev–Trinajstić information content (AvgIpc) is 2.61. The summed E-state index contributed by atoms with van der Waals surface area (Å²) in [6.07, 6.45) is 0.